The zero-order chi connectivity index (χ0) is 25.7. The largest absolute Gasteiger partial charge is 0.342 e. The monoisotopic (exact) mass is 553 g/mol. The van der Waals surface area contributed by atoms with Crippen LogP contribution in [0.2, 0.25) is 15.1 Å². The first kappa shape index (κ1) is 27.3. The second kappa shape index (κ2) is 12.1. The highest BCUT2D eigenvalue weighted by molar-refractivity contribution is 7.99. The van der Waals surface area contributed by atoms with Crippen molar-refractivity contribution in [3.8, 4) is 0 Å². The zero-order valence-electron chi connectivity index (χ0n) is 19.7. The minimum Gasteiger partial charge on any atom is -0.342 e. The van der Waals surface area contributed by atoms with E-state index in [1.54, 1.807) is 34.9 Å². The number of carbonyl (C=O) groups excluding carboxylic acids is 2. The van der Waals surface area contributed by atoms with Gasteiger partial charge in [0.05, 0.1) is 22.4 Å². The number of amides is 2. The van der Waals surface area contributed by atoms with Gasteiger partial charge in [-0.05, 0) is 55.2 Å². The fourth-order valence-electron chi connectivity index (χ4n) is 3.42. The number of hydrogen-bond donors (Lipinski definition) is 2. The summed E-state index contributed by atoms with van der Waals surface area (Å²) in [6.07, 6.45) is 0.641. The summed E-state index contributed by atoms with van der Waals surface area (Å²) in [5.74, 6) is 0.492. The van der Waals surface area contributed by atoms with Crippen molar-refractivity contribution in [2.45, 2.75) is 38.4 Å². The molecule has 3 aromatic rings. The molecule has 1 atom stereocenters. The maximum atomic E-state index is 12.9. The van der Waals surface area contributed by atoms with E-state index >= 15 is 0 Å². The van der Waals surface area contributed by atoms with Crippen LogP contribution in [0.25, 0.3) is 0 Å². The molecule has 0 saturated heterocycles. The number of carbonyl (C=O) groups is 2. The molecular formula is C24H26Cl3N5O2S. The summed E-state index contributed by atoms with van der Waals surface area (Å²) in [6, 6.07) is 9.70. The molecule has 0 unspecified atom stereocenters. The van der Waals surface area contributed by atoms with E-state index in [9.17, 15) is 9.59 Å². The summed E-state index contributed by atoms with van der Waals surface area (Å²) < 4.78 is 1.79. The Morgan fingerprint density at radius 3 is 2.51 bits per heavy atom. The van der Waals surface area contributed by atoms with E-state index in [0.29, 0.717) is 38.7 Å². The van der Waals surface area contributed by atoms with Crippen LogP contribution in [0.3, 0.4) is 0 Å². The number of aromatic nitrogens is 3. The van der Waals surface area contributed by atoms with Gasteiger partial charge in [-0.1, -0.05) is 66.5 Å². The van der Waals surface area contributed by atoms with Gasteiger partial charge in [0, 0.05) is 22.8 Å². The van der Waals surface area contributed by atoms with Crippen molar-refractivity contribution in [2.24, 2.45) is 13.0 Å². The van der Waals surface area contributed by atoms with Crippen LogP contribution in [0.1, 0.15) is 48.1 Å². The summed E-state index contributed by atoms with van der Waals surface area (Å²) in [5.41, 5.74) is 1.80. The van der Waals surface area contributed by atoms with Gasteiger partial charge in [-0.15, -0.1) is 10.2 Å². The van der Waals surface area contributed by atoms with Crippen molar-refractivity contribution in [1.82, 2.24) is 20.1 Å². The standard InChI is InChI=1S/C24H26Cl3N5O2S/c1-13(2)10-20(29-23(34)16-9-8-15(25)11-18(16)27)22-30-31-24(32(22)4)35-12-21(33)28-19-7-5-6-17(26)14(19)3/h5-9,11,13,20H,10,12H2,1-4H3,(H,28,33)(H,29,34)/t20-/m0/s1. The highest BCUT2D eigenvalue weighted by Crippen LogP contribution is 2.27. The molecule has 0 aliphatic heterocycles. The van der Waals surface area contributed by atoms with Gasteiger partial charge in [-0.3, -0.25) is 9.59 Å². The third kappa shape index (κ3) is 7.13. The van der Waals surface area contributed by atoms with Crippen LogP contribution in [-0.4, -0.2) is 32.3 Å². The molecule has 0 fully saturated rings. The lowest BCUT2D eigenvalue weighted by atomic mass is 10.0. The maximum Gasteiger partial charge on any atom is 0.253 e. The quantitative estimate of drug-likeness (QED) is 0.302. The number of hydrogen-bond acceptors (Lipinski definition) is 5. The van der Waals surface area contributed by atoms with E-state index in [1.165, 1.54) is 17.8 Å². The van der Waals surface area contributed by atoms with Gasteiger partial charge < -0.3 is 15.2 Å². The van der Waals surface area contributed by atoms with Crippen LogP contribution in [0, 0.1) is 12.8 Å². The van der Waals surface area contributed by atoms with E-state index in [1.807, 2.05) is 14.0 Å². The molecule has 0 bridgehead atoms. The molecule has 2 aromatic carbocycles. The highest BCUT2D eigenvalue weighted by atomic mass is 35.5. The van der Waals surface area contributed by atoms with Crippen molar-refractivity contribution < 1.29 is 9.59 Å². The fraction of sp³-hybridized carbons (Fsp3) is 0.333. The molecule has 11 heteroatoms. The highest BCUT2D eigenvalue weighted by Gasteiger charge is 2.24. The van der Waals surface area contributed by atoms with Gasteiger partial charge in [-0.2, -0.15) is 0 Å². The number of nitrogens with one attached hydrogen (secondary N) is 2. The van der Waals surface area contributed by atoms with Crippen molar-refractivity contribution in [2.75, 3.05) is 11.1 Å². The second-order valence-electron chi connectivity index (χ2n) is 8.43. The Balaban J connectivity index is 1.71. The lowest BCUT2D eigenvalue weighted by Crippen LogP contribution is -2.31. The van der Waals surface area contributed by atoms with Gasteiger partial charge in [0.1, 0.15) is 0 Å². The minimum atomic E-state index is -0.399. The fourth-order valence-corrected chi connectivity index (χ4v) is 4.81. The number of benzene rings is 2. The van der Waals surface area contributed by atoms with E-state index in [2.05, 4.69) is 34.7 Å². The number of halogens is 3. The lowest BCUT2D eigenvalue weighted by molar-refractivity contribution is -0.113. The van der Waals surface area contributed by atoms with Crippen LogP contribution < -0.4 is 10.6 Å². The predicted molar refractivity (Wildman–Crippen MR) is 143 cm³/mol. The molecule has 0 aliphatic rings. The first-order chi connectivity index (χ1) is 16.6. The third-order valence-electron chi connectivity index (χ3n) is 5.24. The van der Waals surface area contributed by atoms with Gasteiger partial charge in [0.2, 0.25) is 5.91 Å². The van der Waals surface area contributed by atoms with Gasteiger partial charge in [-0.25, -0.2) is 0 Å². The Hall–Kier alpha value is -2.26. The van der Waals surface area contributed by atoms with E-state index in [-0.39, 0.29) is 28.5 Å². The molecule has 2 amide bonds. The van der Waals surface area contributed by atoms with Crippen LogP contribution in [0.15, 0.2) is 41.6 Å². The number of rotatable bonds is 9. The molecule has 0 spiro atoms. The van der Waals surface area contributed by atoms with Gasteiger partial charge >= 0.3 is 0 Å². The molecule has 2 N–H and O–H groups in total. The predicted octanol–water partition coefficient (Wildman–Crippen LogP) is 6.33. The molecule has 0 aliphatic carbocycles. The SMILES string of the molecule is Cc1c(Cl)cccc1NC(=O)CSc1nnc([C@H](CC(C)C)NC(=O)c2ccc(Cl)cc2Cl)n1C. The van der Waals surface area contributed by atoms with E-state index < -0.39 is 6.04 Å². The van der Waals surface area contributed by atoms with Crippen molar-refractivity contribution >= 4 is 64.1 Å². The number of anilines is 1. The molecule has 186 valence electrons. The Bertz CT molecular complexity index is 1230. The zero-order valence-corrected chi connectivity index (χ0v) is 22.8. The summed E-state index contributed by atoms with van der Waals surface area (Å²) in [4.78, 5) is 25.4. The Morgan fingerprint density at radius 1 is 1.09 bits per heavy atom. The number of thioether (sulfide) groups is 1. The van der Waals surface area contributed by atoms with Crippen molar-refractivity contribution in [3.05, 3.63) is 68.4 Å². The first-order valence-corrected chi connectivity index (χ1v) is 13.0. The normalized spacial score (nSPS) is 12.0. The second-order valence-corrected chi connectivity index (χ2v) is 10.6. The molecule has 35 heavy (non-hydrogen) atoms. The topological polar surface area (TPSA) is 88.9 Å². The molecular weight excluding hydrogens is 529 g/mol. The summed E-state index contributed by atoms with van der Waals surface area (Å²) in [7, 11) is 1.81. The van der Waals surface area contributed by atoms with Crippen LogP contribution >= 0.6 is 46.6 Å². The minimum absolute atomic E-state index is 0.138. The van der Waals surface area contributed by atoms with E-state index in [4.69, 9.17) is 34.8 Å². The summed E-state index contributed by atoms with van der Waals surface area (Å²) in [5, 5.41) is 16.3. The summed E-state index contributed by atoms with van der Waals surface area (Å²) >= 11 is 19.6. The molecule has 0 saturated carbocycles. The Morgan fingerprint density at radius 2 is 1.83 bits per heavy atom. The van der Waals surface area contributed by atoms with Gasteiger partial charge in [0.25, 0.3) is 5.91 Å². The van der Waals surface area contributed by atoms with Crippen LogP contribution in [0.4, 0.5) is 5.69 Å². The van der Waals surface area contributed by atoms with Gasteiger partial charge in [0.15, 0.2) is 11.0 Å². The molecule has 1 heterocycles. The molecule has 1 aromatic heterocycles. The maximum absolute atomic E-state index is 12.9. The third-order valence-corrected chi connectivity index (χ3v) is 7.22. The average Bonchev–Trinajstić information content (AvgIpc) is 3.15. The molecule has 7 nitrogen and oxygen atoms in total. The molecule has 0 radical (unpaired) electrons. The number of nitrogens with zero attached hydrogens (tertiary/aromatic N) is 3. The Kier molecular flexibility index (Phi) is 9.47. The summed E-state index contributed by atoms with van der Waals surface area (Å²) in [6.45, 7) is 5.96. The first-order valence-electron chi connectivity index (χ1n) is 10.9. The smallest absolute Gasteiger partial charge is 0.253 e. The van der Waals surface area contributed by atoms with Crippen molar-refractivity contribution in [1.29, 1.82) is 0 Å². The van der Waals surface area contributed by atoms with E-state index in [0.717, 1.165) is 5.56 Å². The van der Waals surface area contributed by atoms with Crippen LogP contribution in [-0.2, 0) is 11.8 Å². The lowest BCUT2D eigenvalue weighted by Gasteiger charge is -2.20. The average molecular weight is 555 g/mol. The van der Waals surface area contributed by atoms with Crippen molar-refractivity contribution in [3.63, 3.8) is 0 Å². The molecule has 3 rings (SSSR count). The Labute approximate surface area is 223 Å². The van der Waals surface area contributed by atoms with Crippen LogP contribution in [0.5, 0.6) is 0 Å².